The molecule has 0 spiro atoms. The van der Waals surface area contributed by atoms with Crippen LogP contribution < -0.4 is 5.32 Å². The van der Waals surface area contributed by atoms with Crippen molar-refractivity contribution in [1.29, 1.82) is 0 Å². The van der Waals surface area contributed by atoms with E-state index in [4.69, 9.17) is 0 Å². The minimum atomic E-state index is -0.0492. The van der Waals surface area contributed by atoms with Crippen LogP contribution in [0.2, 0.25) is 0 Å². The van der Waals surface area contributed by atoms with Crippen molar-refractivity contribution in [1.82, 2.24) is 15.2 Å². The molecule has 5 heteroatoms. The zero-order valence-corrected chi connectivity index (χ0v) is 16.9. The van der Waals surface area contributed by atoms with Gasteiger partial charge in [0, 0.05) is 30.3 Å². The average molecular weight is 382 g/mol. The summed E-state index contributed by atoms with van der Waals surface area (Å²) in [5, 5.41) is 12.5. The van der Waals surface area contributed by atoms with Gasteiger partial charge < -0.3 is 15.3 Å². The molecule has 1 aliphatic rings. The van der Waals surface area contributed by atoms with Crippen LogP contribution >= 0.6 is 0 Å². The van der Waals surface area contributed by atoms with Gasteiger partial charge in [0.1, 0.15) is 5.75 Å². The monoisotopic (exact) mass is 381 g/mol. The Hall–Kier alpha value is -2.40. The van der Waals surface area contributed by atoms with Gasteiger partial charge in [-0.3, -0.25) is 9.78 Å². The maximum absolute atomic E-state index is 12.6. The maximum Gasteiger partial charge on any atom is 0.251 e. The van der Waals surface area contributed by atoms with Gasteiger partial charge in [-0.2, -0.15) is 0 Å². The number of aromatic nitrogens is 1. The Bertz CT molecular complexity index is 774. The van der Waals surface area contributed by atoms with Crippen molar-refractivity contribution in [2.75, 3.05) is 19.6 Å². The predicted molar refractivity (Wildman–Crippen MR) is 112 cm³/mol. The van der Waals surface area contributed by atoms with E-state index in [-0.39, 0.29) is 11.7 Å². The Morgan fingerprint density at radius 3 is 2.89 bits per heavy atom. The number of hydrogen-bond donors (Lipinski definition) is 2. The van der Waals surface area contributed by atoms with Gasteiger partial charge in [0.05, 0.1) is 11.9 Å². The van der Waals surface area contributed by atoms with Crippen molar-refractivity contribution in [3.63, 3.8) is 0 Å². The molecule has 0 unspecified atom stereocenters. The number of carbonyl (C=O) groups excluding carboxylic acids is 1. The van der Waals surface area contributed by atoms with E-state index in [0.29, 0.717) is 24.1 Å². The van der Waals surface area contributed by atoms with Gasteiger partial charge in [-0.25, -0.2) is 0 Å². The molecule has 1 aromatic heterocycles. The van der Waals surface area contributed by atoms with Crippen LogP contribution in [0.1, 0.15) is 49.9 Å². The zero-order valence-electron chi connectivity index (χ0n) is 16.9. The number of nitrogens with zero attached hydrogens (tertiary/aromatic N) is 2. The number of hydrogen-bond acceptors (Lipinski definition) is 4. The number of piperidine rings is 1. The number of carbonyl (C=O) groups is 1. The highest BCUT2D eigenvalue weighted by Crippen LogP contribution is 2.22. The number of benzene rings is 1. The molecule has 1 amide bonds. The van der Waals surface area contributed by atoms with E-state index >= 15 is 0 Å². The summed E-state index contributed by atoms with van der Waals surface area (Å²) in [5.74, 6) is 0.755. The number of aromatic hydroxyl groups is 1. The summed E-state index contributed by atoms with van der Waals surface area (Å²) in [6, 6.07) is 11.4. The molecule has 1 atom stereocenters. The van der Waals surface area contributed by atoms with E-state index in [1.165, 1.54) is 32.0 Å². The van der Waals surface area contributed by atoms with Gasteiger partial charge in [0.15, 0.2) is 0 Å². The molecule has 2 N–H and O–H groups in total. The van der Waals surface area contributed by atoms with Crippen LogP contribution in [0, 0.1) is 5.92 Å². The van der Waals surface area contributed by atoms with Crippen molar-refractivity contribution in [2.24, 2.45) is 5.92 Å². The quantitative estimate of drug-likeness (QED) is 0.758. The fraction of sp³-hybridized carbons (Fsp3) is 0.478. The summed E-state index contributed by atoms with van der Waals surface area (Å²) in [5.41, 5.74) is 2.23. The third kappa shape index (κ3) is 5.55. The molecule has 2 heterocycles. The topological polar surface area (TPSA) is 65.5 Å². The summed E-state index contributed by atoms with van der Waals surface area (Å²) in [6.45, 7) is 7.55. The first-order chi connectivity index (χ1) is 13.5. The van der Waals surface area contributed by atoms with Gasteiger partial charge in [-0.05, 0) is 56.0 Å². The van der Waals surface area contributed by atoms with Gasteiger partial charge >= 0.3 is 0 Å². The smallest absolute Gasteiger partial charge is 0.251 e. The van der Waals surface area contributed by atoms with Crippen molar-refractivity contribution < 1.29 is 9.90 Å². The molecule has 1 fully saturated rings. The molecule has 1 aromatic carbocycles. The summed E-state index contributed by atoms with van der Waals surface area (Å²) in [6.07, 6.45) is 6.21. The van der Waals surface area contributed by atoms with Gasteiger partial charge in [-0.1, -0.05) is 32.4 Å². The lowest BCUT2D eigenvalue weighted by Crippen LogP contribution is -2.43. The second-order valence-corrected chi connectivity index (χ2v) is 8.07. The zero-order chi connectivity index (χ0) is 19.9. The van der Waals surface area contributed by atoms with E-state index in [1.54, 1.807) is 12.1 Å². The number of amides is 1. The minimum Gasteiger partial charge on any atom is -0.506 e. The second-order valence-electron chi connectivity index (χ2n) is 8.07. The van der Waals surface area contributed by atoms with Gasteiger partial charge in [-0.15, -0.1) is 0 Å². The van der Waals surface area contributed by atoms with Crippen LogP contribution in [-0.4, -0.2) is 46.6 Å². The Labute approximate surface area is 167 Å². The largest absolute Gasteiger partial charge is 0.506 e. The van der Waals surface area contributed by atoms with E-state index in [2.05, 4.69) is 29.0 Å². The average Bonchev–Trinajstić information content (AvgIpc) is 2.69. The fourth-order valence-corrected chi connectivity index (χ4v) is 3.93. The van der Waals surface area contributed by atoms with Crippen LogP contribution in [0.3, 0.4) is 0 Å². The minimum absolute atomic E-state index is 0.0492. The molecule has 0 saturated carbocycles. The third-order valence-electron chi connectivity index (χ3n) is 5.28. The van der Waals surface area contributed by atoms with E-state index in [1.807, 2.05) is 24.3 Å². The first-order valence-electron chi connectivity index (χ1n) is 10.3. The van der Waals surface area contributed by atoms with E-state index in [0.717, 1.165) is 24.2 Å². The van der Waals surface area contributed by atoms with E-state index in [9.17, 15) is 9.90 Å². The summed E-state index contributed by atoms with van der Waals surface area (Å²) in [4.78, 5) is 19.4. The van der Waals surface area contributed by atoms with Crippen LogP contribution in [0.25, 0.3) is 11.3 Å². The van der Waals surface area contributed by atoms with Crippen LogP contribution in [0.4, 0.5) is 0 Å². The lowest BCUT2D eigenvalue weighted by molar-refractivity contribution is 0.0934. The lowest BCUT2D eigenvalue weighted by atomic mass is 9.98. The molecule has 0 radical (unpaired) electrons. The van der Waals surface area contributed by atoms with Crippen LogP contribution in [0.15, 0.2) is 42.6 Å². The normalized spacial score (nSPS) is 17.6. The molecular formula is C23H31N3O2. The molecule has 5 nitrogen and oxygen atoms in total. The number of nitrogens with one attached hydrogen (secondary N) is 1. The Morgan fingerprint density at radius 1 is 1.29 bits per heavy atom. The standard InChI is InChI=1S/C23H31N3O2/c1-17(2)16-26-13-4-3-8-20(26)11-12-24-23(28)19-7-5-6-18(14-19)22-10-9-21(27)15-25-22/h5-7,9-10,14-15,17,20,27H,3-4,8,11-13,16H2,1-2H3,(H,24,28)/t20-/m1/s1. The van der Waals surface area contributed by atoms with Crippen molar-refractivity contribution >= 4 is 5.91 Å². The summed E-state index contributed by atoms with van der Waals surface area (Å²) < 4.78 is 0. The molecule has 1 aliphatic heterocycles. The predicted octanol–water partition coefficient (Wildman–Crippen LogP) is 4.08. The third-order valence-corrected chi connectivity index (χ3v) is 5.28. The van der Waals surface area contributed by atoms with Crippen molar-refractivity contribution in [3.8, 4) is 17.0 Å². The SMILES string of the molecule is CC(C)CN1CCCC[C@@H]1CCNC(=O)c1cccc(-c2ccc(O)cn2)c1. The highest BCUT2D eigenvalue weighted by molar-refractivity contribution is 5.95. The number of pyridine rings is 1. The Balaban J connectivity index is 1.56. The molecule has 150 valence electrons. The Kier molecular flexibility index (Phi) is 7.04. The van der Waals surface area contributed by atoms with Gasteiger partial charge in [0.25, 0.3) is 5.91 Å². The summed E-state index contributed by atoms with van der Waals surface area (Å²) >= 11 is 0. The number of rotatable bonds is 7. The first kappa shape index (κ1) is 20.3. The van der Waals surface area contributed by atoms with E-state index < -0.39 is 0 Å². The maximum atomic E-state index is 12.6. The molecule has 28 heavy (non-hydrogen) atoms. The lowest BCUT2D eigenvalue weighted by Gasteiger charge is -2.37. The molecule has 3 rings (SSSR count). The molecule has 1 saturated heterocycles. The highest BCUT2D eigenvalue weighted by atomic mass is 16.3. The van der Waals surface area contributed by atoms with Crippen molar-refractivity contribution in [2.45, 2.75) is 45.6 Å². The fourth-order valence-electron chi connectivity index (χ4n) is 3.93. The molecule has 0 aliphatic carbocycles. The first-order valence-corrected chi connectivity index (χ1v) is 10.3. The number of likely N-dealkylation sites (tertiary alicyclic amines) is 1. The highest BCUT2D eigenvalue weighted by Gasteiger charge is 2.22. The van der Waals surface area contributed by atoms with Crippen molar-refractivity contribution in [3.05, 3.63) is 48.2 Å². The van der Waals surface area contributed by atoms with Gasteiger partial charge in [0.2, 0.25) is 0 Å². The molecular weight excluding hydrogens is 350 g/mol. The van der Waals surface area contributed by atoms with Crippen LogP contribution in [-0.2, 0) is 0 Å². The second kappa shape index (κ2) is 9.69. The van der Waals surface area contributed by atoms with Crippen LogP contribution in [0.5, 0.6) is 5.75 Å². The molecule has 2 aromatic rings. The Morgan fingerprint density at radius 2 is 2.14 bits per heavy atom. The molecule has 0 bridgehead atoms. The summed E-state index contributed by atoms with van der Waals surface area (Å²) in [7, 11) is 0.